The molecule has 2 aromatic carbocycles. The number of amides is 2. The molecule has 0 atom stereocenters. The Balaban J connectivity index is 1.42. The van der Waals surface area contributed by atoms with E-state index in [0.717, 1.165) is 5.69 Å². The molecule has 0 saturated heterocycles. The molecule has 2 N–H and O–H groups in total. The Hall–Kier alpha value is -4.12. The van der Waals surface area contributed by atoms with Crippen LogP contribution in [0.15, 0.2) is 67.0 Å². The lowest BCUT2D eigenvalue weighted by molar-refractivity contribution is -0.129. The zero-order valence-electron chi connectivity index (χ0n) is 14.8. The maximum Gasteiger partial charge on any atom is 0.276 e. The van der Waals surface area contributed by atoms with Crippen LogP contribution in [0.5, 0.6) is 5.75 Å². The maximum atomic E-state index is 12.0. The summed E-state index contributed by atoms with van der Waals surface area (Å²) >= 11 is 0. The zero-order valence-corrected chi connectivity index (χ0v) is 14.8. The molecule has 3 rings (SSSR count). The molecule has 0 saturated carbocycles. The molecule has 0 fully saturated rings. The number of hydrazine groups is 1. The monoisotopic (exact) mass is 375 g/mol. The molecule has 0 aliphatic carbocycles. The number of aromatic nitrogens is 2. The van der Waals surface area contributed by atoms with Gasteiger partial charge in [-0.25, -0.2) is 4.68 Å². The minimum atomic E-state index is -0.502. The van der Waals surface area contributed by atoms with Gasteiger partial charge < -0.3 is 4.74 Å². The van der Waals surface area contributed by atoms with Crippen LogP contribution in [0.2, 0.25) is 0 Å². The minimum Gasteiger partial charge on any atom is -0.484 e. The van der Waals surface area contributed by atoms with E-state index in [1.807, 2.05) is 36.4 Å². The van der Waals surface area contributed by atoms with E-state index in [-0.39, 0.29) is 18.9 Å². The molecule has 2 amide bonds. The number of para-hydroxylation sites is 1. The molecule has 3 aromatic rings. The van der Waals surface area contributed by atoms with Crippen molar-refractivity contribution in [2.24, 2.45) is 0 Å². The van der Waals surface area contributed by atoms with Gasteiger partial charge in [-0.3, -0.25) is 20.4 Å². The predicted molar refractivity (Wildman–Crippen MR) is 100 cm³/mol. The van der Waals surface area contributed by atoms with Crippen molar-refractivity contribution >= 4 is 11.8 Å². The van der Waals surface area contributed by atoms with Gasteiger partial charge in [0, 0.05) is 6.20 Å². The van der Waals surface area contributed by atoms with Gasteiger partial charge in [0.05, 0.1) is 29.9 Å². The summed E-state index contributed by atoms with van der Waals surface area (Å²) in [4.78, 5) is 23.7. The van der Waals surface area contributed by atoms with E-state index in [4.69, 9.17) is 10.00 Å². The predicted octanol–water partition coefficient (Wildman–Crippen LogP) is 1.51. The first-order chi connectivity index (χ1) is 13.6. The number of benzene rings is 2. The van der Waals surface area contributed by atoms with Crippen LogP contribution in [0.3, 0.4) is 0 Å². The number of hydrogen-bond donors (Lipinski definition) is 2. The summed E-state index contributed by atoms with van der Waals surface area (Å²) in [7, 11) is 0. The summed E-state index contributed by atoms with van der Waals surface area (Å²) in [6.07, 6.45) is 3.43. The molecular weight excluding hydrogens is 358 g/mol. The van der Waals surface area contributed by atoms with Gasteiger partial charge in [0.25, 0.3) is 5.91 Å². The molecular formula is C20H17N5O3. The van der Waals surface area contributed by atoms with Gasteiger partial charge in [0.15, 0.2) is 6.61 Å². The number of carbonyl (C=O) groups excluding carboxylic acids is 2. The number of nitrogens with one attached hydrogen (secondary N) is 2. The summed E-state index contributed by atoms with van der Waals surface area (Å²) < 4.78 is 6.96. The van der Waals surface area contributed by atoms with Crippen molar-refractivity contribution in [3.8, 4) is 17.5 Å². The molecule has 140 valence electrons. The lowest BCUT2D eigenvalue weighted by Crippen LogP contribution is -2.44. The molecule has 28 heavy (non-hydrogen) atoms. The standard InChI is InChI=1S/C20H17N5O3/c21-11-15-6-8-18(9-7-15)28-14-20(27)24-23-19(26)10-16-12-22-25(13-16)17-4-2-1-3-5-17/h1-9,12-13H,10,14H2,(H,23,26)(H,24,27). The normalized spacial score (nSPS) is 9.96. The second kappa shape index (κ2) is 9.00. The Labute approximate surface area is 161 Å². The molecule has 0 aliphatic rings. The number of carbonyl (C=O) groups is 2. The highest BCUT2D eigenvalue weighted by atomic mass is 16.5. The van der Waals surface area contributed by atoms with Gasteiger partial charge in [-0.15, -0.1) is 0 Å². The first-order valence-corrected chi connectivity index (χ1v) is 8.43. The lowest BCUT2D eigenvalue weighted by atomic mass is 10.2. The second-order valence-electron chi connectivity index (χ2n) is 5.83. The molecule has 8 nitrogen and oxygen atoms in total. The van der Waals surface area contributed by atoms with E-state index < -0.39 is 5.91 Å². The highest BCUT2D eigenvalue weighted by Crippen LogP contribution is 2.11. The molecule has 0 spiro atoms. The van der Waals surface area contributed by atoms with Crippen molar-refractivity contribution in [3.05, 3.63) is 78.1 Å². The quantitative estimate of drug-likeness (QED) is 0.635. The Bertz CT molecular complexity index is 991. The van der Waals surface area contributed by atoms with Crippen molar-refractivity contribution in [2.75, 3.05) is 6.61 Å². The minimum absolute atomic E-state index is 0.0730. The molecule has 0 aliphatic heterocycles. The van der Waals surface area contributed by atoms with E-state index in [0.29, 0.717) is 16.9 Å². The smallest absolute Gasteiger partial charge is 0.276 e. The number of ether oxygens (including phenoxy) is 1. The van der Waals surface area contributed by atoms with E-state index in [9.17, 15) is 9.59 Å². The van der Waals surface area contributed by atoms with Crippen molar-refractivity contribution in [2.45, 2.75) is 6.42 Å². The number of hydrogen-bond acceptors (Lipinski definition) is 5. The number of nitriles is 1. The molecule has 0 bridgehead atoms. The zero-order chi connectivity index (χ0) is 19.8. The van der Waals surface area contributed by atoms with Gasteiger partial charge in [-0.1, -0.05) is 18.2 Å². The summed E-state index contributed by atoms with van der Waals surface area (Å²) in [5, 5.41) is 13.0. The highest BCUT2D eigenvalue weighted by Gasteiger charge is 2.09. The average molecular weight is 375 g/mol. The number of rotatable bonds is 6. The van der Waals surface area contributed by atoms with E-state index >= 15 is 0 Å². The van der Waals surface area contributed by atoms with Crippen LogP contribution < -0.4 is 15.6 Å². The van der Waals surface area contributed by atoms with Crippen molar-refractivity contribution in [3.63, 3.8) is 0 Å². The van der Waals surface area contributed by atoms with Gasteiger partial charge in [-0.05, 0) is 42.0 Å². The SMILES string of the molecule is N#Cc1ccc(OCC(=O)NNC(=O)Cc2cnn(-c3ccccc3)c2)cc1. The van der Waals surface area contributed by atoms with E-state index in [1.165, 1.54) is 0 Å². The third-order valence-electron chi connectivity index (χ3n) is 3.72. The van der Waals surface area contributed by atoms with Crippen LogP contribution in [0, 0.1) is 11.3 Å². The largest absolute Gasteiger partial charge is 0.484 e. The van der Waals surface area contributed by atoms with Crippen LogP contribution in [0.4, 0.5) is 0 Å². The summed E-state index contributed by atoms with van der Waals surface area (Å²) in [5.41, 5.74) is 6.73. The van der Waals surface area contributed by atoms with Crippen LogP contribution in [-0.2, 0) is 16.0 Å². The Morgan fingerprint density at radius 2 is 1.75 bits per heavy atom. The van der Waals surface area contributed by atoms with Gasteiger partial charge in [-0.2, -0.15) is 10.4 Å². The Morgan fingerprint density at radius 3 is 2.46 bits per heavy atom. The summed E-state index contributed by atoms with van der Waals surface area (Å²) in [6.45, 7) is -0.266. The Morgan fingerprint density at radius 1 is 1.04 bits per heavy atom. The van der Waals surface area contributed by atoms with Crippen molar-refractivity contribution in [1.29, 1.82) is 5.26 Å². The van der Waals surface area contributed by atoms with Crippen LogP contribution >= 0.6 is 0 Å². The molecule has 8 heteroatoms. The fourth-order valence-corrected chi connectivity index (χ4v) is 2.35. The Kier molecular flexibility index (Phi) is 6.00. The fourth-order valence-electron chi connectivity index (χ4n) is 2.35. The van der Waals surface area contributed by atoms with Crippen LogP contribution in [0.25, 0.3) is 5.69 Å². The molecule has 0 unspecified atom stereocenters. The molecule has 1 heterocycles. The lowest BCUT2D eigenvalue weighted by Gasteiger charge is -2.08. The third kappa shape index (κ3) is 5.19. The third-order valence-corrected chi connectivity index (χ3v) is 3.72. The van der Waals surface area contributed by atoms with Crippen LogP contribution in [-0.4, -0.2) is 28.2 Å². The molecule has 0 radical (unpaired) electrons. The maximum absolute atomic E-state index is 12.0. The topological polar surface area (TPSA) is 109 Å². The second-order valence-corrected chi connectivity index (χ2v) is 5.83. The van der Waals surface area contributed by atoms with E-state index in [2.05, 4.69) is 16.0 Å². The van der Waals surface area contributed by atoms with E-state index in [1.54, 1.807) is 41.3 Å². The van der Waals surface area contributed by atoms with Crippen molar-refractivity contribution in [1.82, 2.24) is 20.6 Å². The fraction of sp³-hybridized carbons (Fsp3) is 0.100. The first kappa shape index (κ1) is 18.7. The van der Waals surface area contributed by atoms with Crippen LogP contribution in [0.1, 0.15) is 11.1 Å². The highest BCUT2D eigenvalue weighted by molar-refractivity contribution is 5.83. The number of nitrogens with zero attached hydrogens (tertiary/aromatic N) is 3. The van der Waals surface area contributed by atoms with Gasteiger partial charge >= 0.3 is 0 Å². The average Bonchev–Trinajstić information content (AvgIpc) is 3.20. The summed E-state index contributed by atoms with van der Waals surface area (Å²) in [6, 6.07) is 17.9. The van der Waals surface area contributed by atoms with Gasteiger partial charge in [0.2, 0.25) is 5.91 Å². The summed E-state index contributed by atoms with van der Waals surface area (Å²) in [5.74, 6) is -0.425. The molecule has 1 aromatic heterocycles. The first-order valence-electron chi connectivity index (χ1n) is 8.43. The van der Waals surface area contributed by atoms with Gasteiger partial charge in [0.1, 0.15) is 5.75 Å². The van der Waals surface area contributed by atoms with Crippen molar-refractivity contribution < 1.29 is 14.3 Å².